The predicted molar refractivity (Wildman–Crippen MR) is 111 cm³/mol. The average Bonchev–Trinajstić information content (AvgIpc) is 2.68. The Balaban J connectivity index is 1.51. The molecule has 3 N–H and O–H groups in total. The van der Waals surface area contributed by atoms with Crippen molar-refractivity contribution in [3.63, 3.8) is 0 Å². The maximum Gasteiger partial charge on any atom is 0.191 e. The Kier molecular flexibility index (Phi) is 6.94. The van der Waals surface area contributed by atoms with Crippen LogP contribution in [0, 0.1) is 6.92 Å². The molecule has 0 unspecified atom stereocenters. The fourth-order valence-electron chi connectivity index (χ4n) is 4.01. The van der Waals surface area contributed by atoms with E-state index in [1.807, 2.05) is 6.20 Å². The summed E-state index contributed by atoms with van der Waals surface area (Å²) in [6.45, 7) is 7.47. The van der Waals surface area contributed by atoms with E-state index in [0.29, 0.717) is 12.6 Å². The largest absolute Gasteiger partial charge is 0.388 e. The van der Waals surface area contributed by atoms with Crippen molar-refractivity contribution in [1.29, 1.82) is 0 Å². The number of aliphatic hydroxyl groups is 1. The molecule has 0 amide bonds. The summed E-state index contributed by atoms with van der Waals surface area (Å²) in [5.41, 5.74) is 0.586. The molecule has 0 aromatic carbocycles. The van der Waals surface area contributed by atoms with Crippen molar-refractivity contribution < 1.29 is 5.11 Å². The van der Waals surface area contributed by atoms with Gasteiger partial charge in [-0.2, -0.15) is 0 Å². The molecule has 6 heteroatoms. The van der Waals surface area contributed by atoms with Gasteiger partial charge >= 0.3 is 0 Å². The van der Waals surface area contributed by atoms with Gasteiger partial charge in [-0.15, -0.1) is 0 Å². The first kappa shape index (κ1) is 19.9. The first-order valence-corrected chi connectivity index (χ1v) is 10.5. The summed E-state index contributed by atoms with van der Waals surface area (Å²) in [6, 6.07) is 4.64. The van der Waals surface area contributed by atoms with Crippen LogP contribution in [0.3, 0.4) is 0 Å². The van der Waals surface area contributed by atoms with Crippen molar-refractivity contribution in [3.8, 4) is 0 Å². The van der Waals surface area contributed by atoms with E-state index >= 15 is 0 Å². The van der Waals surface area contributed by atoms with Crippen LogP contribution in [-0.4, -0.2) is 53.9 Å². The Labute approximate surface area is 163 Å². The summed E-state index contributed by atoms with van der Waals surface area (Å²) in [5.74, 6) is 1.91. The molecular formula is C21H35N5O. The standard InChI is InChI=1S/C21H35N5O/c1-3-22-20(24-16-21(27)11-5-4-6-12-21)25-18-9-13-26(14-10-18)19-8-7-17(2)15-23-19/h7-8,15,18,27H,3-6,9-14,16H2,1-2H3,(H2,22,24,25). The minimum Gasteiger partial charge on any atom is -0.388 e. The molecule has 1 aromatic rings. The smallest absolute Gasteiger partial charge is 0.191 e. The first-order chi connectivity index (χ1) is 13.1. The fraction of sp³-hybridized carbons (Fsp3) is 0.714. The van der Waals surface area contributed by atoms with E-state index in [-0.39, 0.29) is 0 Å². The highest BCUT2D eigenvalue weighted by atomic mass is 16.3. The van der Waals surface area contributed by atoms with E-state index in [9.17, 15) is 5.11 Å². The third-order valence-electron chi connectivity index (χ3n) is 5.72. The van der Waals surface area contributed by atoms with Crippen molar-refractivity contribution in [3.05, 3.63) is 23.9 Å². The van der Waals surface area contributed by atoms with Gasteiger partial charge in [0, 0.05) is 31.9 Å². The number of rotatable bonds is 5. The molecule has 0 radical (unpaired) electrons. The summed E-state index contributed by atoms with van der Waals surface area (Å²) >= 11 is 0. The minimum atomic E-state index is -0.610. The summed E-state index contributed by atoms with van der Waals surface area (Å²) < 4.78 is 0. The molecule has 2 heterocycles. The quantitative estimate of drug-likeness (QED) is 0.547. The number of pyridine rings is 1. The van der Waals surface area contributed by atoms with E-state index < -0.39 is 5.60 Å². The Morgan fingerprint density at radius 2 is 2.00 bits per heavy atom. The second kappa shape index (κ2) is 9.40. The van der Waals surface area contributed by atoms with Gasteiger partial charge in [-0.05, 0) is 51.2 Å². The van der Waals surface area contributed by atoms with Gasteiger partial charge in [0.05, 0.1) is 12.1 Å². The molecule has 0 bridgehead atoms. The number of piperidine rings is 1. The number of aliphatic imine (C=N–C) groups is 1. The van der Waals surface area contributed by atoms with Crippen molar-refractivity contribution in [2.24, 2.45) is 4.99 Å². The molecule has 27 heavy (non-hydrogen) atoms. The van der Waals surface area contributed by atoms with Gasteiger partial charge in [0.1, 0.15) is 5.82 Å². The van der Waals surface area contributed by atoms with Crippen LogP contribution in [-0.2, 0) is 0 Å². The normalized spacial score (nSPS) is 21.1. The summed E-state index contributed by atoms with van der Waals surface area (Å²) in [5, 5.41) is 17.6. The number of aryl methyl sites for hydroxylation is 1. The van der Waals surface area contributed by atoms with Crippen LogP contribution in [0.2, 0.25) is 0 Å². The lowest BCUT2D eigenvalue weighted by Gasteiger charge is -2.34. The molecule has 1 saturated carbocycles. The van der Waals surface area contributed by atoms with Gasteiger partial charge in [-0.3, -0.25) is 4.99 Å². The number of hydrogen-bond donors (Lipinski definition) is 3. The maximum absolute atomic E-state index is 10.7. The Bertz CT molecular complexity index is 602. The maximum atomic E-state index is 10.7. The Morgan fingerprint density at radius 1 is 1.26 bits per heavy atom. The topological polar surface area (TPSA) is 72.8 Å². The van der Waals surface area contributed by atoms with Crippen LogP contribution in [0.15, 0.2) is 23.3 Å². The van der Waals surface area contributed by atoms with Crippen molar-refractivity contribution >= 4 is 11.8 Å². The number of aromatic nitrogens is 1. The number of nitrogens with zero attached hydrogens (tertiary/aromatic N) is 3. The monoisotopic (exact) mass is 373 g/mol. The molecule has 6 nitrogen and oxygen atoms in total. The van der Waals surface area contributed by atoms with Gasteiger partial charge in [0.2, 0.25) is 0 Å². The van der Waals surface area contributed by atoms with Crippen LogP contribution in [0.25, 0.3) is 0 Å². The van der Waals surface area contributed by atoms with E-state index in [0.717, 1.165) is 69.9 Å². The lowest BCUT2D eigenvalue weighted by molar-refractivity contribution is 0.0131. The van der Waals surface area contributed by atoms with Crippen LogP contribution < -0.4 is 15.5 Å². The fourth-order valence-corrected chi connectivity index (χ4v) is 4.01. The number of guanidine groups is 1. The number of anilines is 1. The zero-order chi connectivity index (χ0) is 19.1. The van der Waals surface area contributed by atoms with Crippen LogP contribution in [0.1, 0.15) is 57.4 Å². The van der Waals surface area contributed by atoms with Gasteiger partial charge in [0.25, 0.3) is 0 Å². The van der Waals surface area contributed by atoms with Crippen LogP contribution in [0.5, 0.6) is 0 Å². The highest BCUT2D eigenvalue weighted by Gasteiger charge is 2.29. The molecule has 2 aliphatic rings. The third-order valence-corrected chi connectivity index (χ3v) is 5.72. The minimum absolute atomic E-state index is 0.408. The molecule has 150 valence electrons. The summed E-state index contributed by atoms with van der Waals surface area (Å²) in [4.78, 5) is 11.6. The molecule has 1 aromatic heterocycles. The SMILES string of the molecule is CCNC(=NCC1(O)CCCCC1)NC1CCN(c2ccc(C)cn2)CC1. The molecular weight excluding hydrogens is 338 g/mol. The lowest BCUT2D eigenvalue weighted by atomic mass is 9.85. The Hall–Kier alpha value is -1.82. The van der Waals surface area contributed by atoms with E-state index in [4.69, 9.17) is 4.99 Å². The Morgan fingerprint density at radius 3 is 2.63 bits per heavy atom. The highest BCUT2D eigenvalue weighted by molar-refractivity contribution is 5.80. The molecule has 1 saturated heterocycles. The zero-order valence-electron chi connectivity index (χ0n) is 16.9. The van der Waals surface area contributed by atoms with E-state index in [2.05, 4.69) is 46.5 Å². The molecule has 3 rings (SSSR count). The highest BCUT2D eigenvalue weighted by Crippen LogP contribution is 2.28. The molecule has 0 spiro atoms. The molecule has 0 atom stereocenters. The van der Waals surface area contributed by atoms with Gasteiger partial charge in [-0.25, -0.2) is 4.98 Å². The summed E-state index contributed by atoms with van der Waals surface area (Å²) in [6.07, 6.45) is 9.26. The molecule has 2 fully saturated rings. The first-order valence-electron chi connectivity index (χ1n) is 10.5. The van der Waals surface area contributed by atoms with E-state index in [1.165, 1.54) is 12.0 Å². The van der Waals surface area contributed by atoms with Crippen molar-refractivity contribution in [2.75, 3.05) is 31.1 Å². The van der Waals surface area contributed by atoms with Gasteiger partial charge < -0.3 is 20.6 Å². The third kappa shape index (κ3) is 5.83. The van der Waals surface area contributed by atoms with Crippen LogP contribution in [0.4, 0.5) is 5.82 Å². The number of nitrogens with one attached hydrogen (secondary N) is 2. The van der Waals surface area contributed by atoms with Crippen LogP contribution >= 0.6 is 0 Å². The second-order valence-electron chi connectivity index (χ2n) is 8.08. The molecule has 1 aliphatic heterocycles. The average molecular weight is 374 g/mol. The number of hydrogen-bond acceptors (Lipinski definition) is 4. The van der Waals surface area contributed by atoms with Crippen molar-refractivity contribution in [1.82, 2.24) is 15.6 Å². The van der Waals surface area contributed by atoms with Gasteiger partial charge in [-0.1, -0.05) is 25.3 Å². The molecule has 1 aliphatic carbocycles. The lowest BCUT2D eigenvalue weighted by Crippen LogP contribution is -2.49. The summed E-state index contributed by atoms with van der Waals surface area (Å²) in [7, 11) is 0. The second-order valence-corrected chi connectivity index (χ2v) is 8.08. The van der Waals surface area contributed by atoms with Crippen molar-refractivity contribution in [2.45, 2.75) is 70.4 Å². The predicted octanol–water partition coefficient (Wildman–Crippen LogP) is 2.61. The van der Waals surface area contributed by atoms with Gasteiger partial charge in [0.15, 0.2) is 5.96 Å². The van der Waals surface area contributed by atoms with E-state index in [1.54, 1.807) is 0 Å². The zero-order valence-corrected chi connectivity index (χ0v) is 16.9.